The van der Waals surface area contributed by atoms with E-state index in [4.69, 9.17) is 0 Å². The molecule has 0 spiro atoms. The molecule has 0 aromatic rings. The smallest absolute Gasteiger partial charge is 0.0393 e. The second-order valence-corrected chi connectivity index (χ2v) is 7.70. The number of rotatable bonds is 2. The first-order valence-corrected chi connectivity index (χ1v) is 5.99. The molecule has 0 heterocycles. The lowest BCUT2D eigenvalue weighted by atomic mass is 11.0. The van der Waals surface area contributed by atoms with Gasteiger partial charge in [0.25, 0.3) is 0 Å². The fourth-order valence-corrected chi connectivity index (χ4v) is 0.671. The molecule has 0 atom stereocenters. The molecule has 0 aliphatic heterocycles. The average molecular weight is 119 g/mol. The van der Waals surface area contributed by atoms with E-state index in [2.05, 4.69) is 27.2 Å². The van der Waals surface area contributed by atoms with Crippen molar-refractivity contribution >= 4 is 7.26 Å². The molecule has 0 aliphatic carbocycles. The average Bonchev–Trinajstić information content (AvgIpc) is 1.68. The van der Waals surface area contributed by atoms with E-state index in [-0.39, 0.29) is 0 Å². The lowest BCUT2D eigenvalue weighted by molar-refractivity contribution is 1.38. The fraction of sp³-hybridized carbons (Fsp3) is 1.00. The molecule has 0 amide bonds. The first-order chi connectivity index (χ1) is 3.12. The van der Waals surface area contributed by atoms with Gasteiger partial charge in [-0.05, 0) is 25.7 Å². The number of hydrogen-bond donors (Lipinski definition) is 0. The molecule has 0 unspecified atom stereocenters. The summed E-state index contributed by atoms with van der Waals surface area (Å²) in [5.74, 6) is 0. The van der Waals surface area contributed by atoms with Crippen LogP contribution >= 0.6 is 7.26 Å². The summed E-state index contributed by atoms with van der Waals surface area (Å²) < 4.78 is 0. The topological polar surface area (TPSA) is 0 Å². The Bertz CT molecular complexity index is 42.1. The van der Waals surface area contributed by atoms with Crippen LogP contribution in [0.15, 0.2) is 0 Å². The van der Waals surface area contributed by atoms with Crippen LogP contribution in [0.2, 0.25) is 0 Å². The van der Waals surface area contributed by atoms with E-state index in [0.29, 0.717) is 0 Å². The maximum atomic E-state index is 2.41. The van der Waals surface area contributed by atoms with Gasteiger partial charge in [-0.25, -0.2) is 0 Å². The lowest BCUT2D eigenvalue weighted by Gasteiger charge is -2.22. The summed E-state index contributed by atoms with van der Waals surface area (Å²) in [6.45, 7) is 9.40. The van der Waals surface area contributed by atoms with Crippen molar-refractivity contribution < 1.29 is 0 Å². The first-order valence-electron chi connectivity index (χ1n) is 2.94. The van der Waals surface area contributed by atoms with Crippen molar-refractivity contribution in [2.75, 3.05) is 25.7 Å². The normalized spacial score (nSPS) is 12.0. The number of hydrogen-bond acceptors (Lipinski definition) is 0. The van der Waals surface area contributed by atoms with E-state index in [1.165, 1.54) is 12.3 Å². The van der Waals surface area contributed by atoms with Gasteiger partial charge in [0.15, 0.2) is 0 Å². The van der Waals surface area contributed by atoms with Crippen molar-refractivity contribution in [3.8, 4) is 0 Å². The molecule has 0 rings (SSSR count). The van der Waals surface area contributed by atoms with E-state index in [0.717, 1.165) is 0 Å². The van der Waals surface area contributed by atoms with Crippen molar-refractivity contribution in [3.63, 3.8) is 0 Å². The van der Waals surface area contributed by atoms with Crippen LogP contribution in [0.25, 0.3) is 0 Å². The van der Waals surface area contributed by atoms with Gasteiger partial charge in [-0.2, -0.15) is 0 Å². The summed E-state index contributed by atoms with van der Waals surface area (Å²) in [4.78, 5) is 0. The van der Waals surface area contributed by atoms with E-state index >= 15 is 0 Å². The molecule has 0 aromatic carbocycles. The van der Waals surface area contributed by atoms with Crippen LogP contribution in [0.4, 0.5) is 0 Å². The SMILES string of the molecule is CC[P](C)(C)CC. The quantitative estimate of drug-likeness (QED) is 0.489. The summed E-state index contributed by atoms with van der Waals surface area (Å²) >= 11 is 0. The molecule has 45 valence electrons. The minimum absolute atomic E-state index is 0.404. The summed E-state index contributed by atoms with van der Waals surface area (Å²) in [7, 11) is -0.404. The highest BCUT2D eigenvalue weighted by Crippen LogP contribution is 2.49. The van der Waals surface area contributed by atoms with Gasteiger partial charge in [-0.15, -0.1) is 7.26 Å². The second kappa shape index (κ2) is 2.67. The van der Waals surface area contributed by atoms with Crippen LogP contribution in [0, 0.1) is 0 Å². The van der Waals surface area contributed by atoms with Gasteiger partial charge in [0.2, 0.25) is 0 Å². The van der Waals surface area contributed by atoms with Gasteiger partial charge in [-0.3, -0.25) is 0 Å². The maximum absolute atomic E-state index is 2.41. The Kier molecular flexibility index (Phi) is 2.83. The van der Waals surface area contributed by atoms with Crippen LogP contribution < -0.4 is 0 Å². The highest BCUT2D eigenvalue weighted by atomic mass is 31.2. The van der Waals surface area contributed by atoms with E-state index in [1.54, 1.807) is 0 Å². The van der Waals surface area contributed by atoms with Crippen molar-refractivity contribution in [1.82, 2.24) is 0 Å². The second-order valence-electron chi connectivity index (χ2n) is 2.57. The van der Waals surface area contributed by atoms with Gasteiger partial charge in [0, 0.05) is 0 Å². The largest absolute Gasteiger partial charge is 0.132 e. The molecular formula is C6H16P. The minimum Gasteiger partial charge on any atom is -0.132 e. The molecule has 0 saturated carbocycles. The predicted octanol–water partition coefficient (Wildman–Crippen LogP) is 2.30. The minimum atomic E-state index is -0.404. The molecule has 1 radical (unpaired) electrons. The zero-order valence-corrected chi connectivity index (χ0v) is 6.76. The van der Waals surface area contributed by atoms with Gasteiger partial charge >= 0.3 is 0 Å². The lowest BCUT2D eigenvalue weighted by Crippen LogP contribution is -1.92. The zero-order chi connectivity index (χ0) is 5.91. The van der Waals surface area contributed by atoms with Crippen molar-refractivity contribution in [2.45, 2.75) is 13.8 Å². The standard InChI is InChI=1S/C6H16P/c1-5-7(3,4)6-2/h5-6H2,1-4H3. The Morgan fingerprint density at radius 3 is 1.29 bits per heavy atom. The zero-order valence-electron chi connectivity index (χ0n) is 5.86. The van der Waals surface area contributed by atoms with Crippen LogP contribution in [-0.4, -0.2) is 25.7 Å². The van der Waals surface area contributed by atoms with Gasteiger partial charge < -0.3 is 0 Å². The molecule has 1 heteroatoms. The van der Waals surface area contributed by atoms with Gasteiger partial charge in [-0.1, -0.05) is 13.8 Å². The molecule has 0 aromatic heterocycles. The Labute approximate surface area is 47.6 Å². The van der Waals surface area contributed by atoms with E-state index in [9.17, 15) is 0 Å². The third-order valence-electron chi connectivity index (χ3n) is 1.71. The Hall–Kier alpha value is 0.430. The van der Waals surface area contributed by atoms with E-state index in [1.807, 2.05) is 0 Å². The highest BCUT2D eigenvalue weighted by Gasteiger charge is 2.06. The highest BCUT2D eigenvalue weighted by molar-refractivity contribution is 7.74. The maximum Gasteiger partial charge on any atom is -0.0393 e. The Morgan fingerprint density at radius 2 is 1.29 bits per heavy atom. The van der Waals surface area contributed by atoms with Gasteiger partial charge in [0.05, 0.1) is 0 Å². The van der Waals surface area contributed by atoms with Crippen LogP contribution in [-0.2, 0) is 0 Å². The predicted molar refractivity (Wildman–Crippen MR) is 39.9 cm³/mol. The molecule has 0 N–H and O–H groups in total. The van der Waals surface area contributed by atoms with Crippen molar-refractivity contribution in [1.29, 1.82) is 0 Å². The van der Waals surface area contributed by atoms with E-state index < -0.39 is 7.26 Å². The molecule has 0 aliphatic rings. The molecule has 0 bridgehead atoms. The molecule has 0 fully saturated rings. The van der Waals surface area contributed by atoms with Gasteiger partial charge in [0.1, 0.15) is 0 Å². The third-order valence-corrected chi connectivity index (χ3v) is 5.14. The third kappa shape index (κ3) is 3.05. The Balaban J connectivity index is 3.36. The Morgan fingerprint density at radius 1 is 1.00 bits per heavy atom. The summed E-state index contributed by atoms with van der Waals surface area (Å²) in [5, 5.41) is 0. The monoisotopic (exact) mass is 119 g/mol. The van der Waals surface area contributed by atoms with Crippen LogP contribution in [0.1, 0.15) is 13.8 Å². The summed E-state index contributed by atoms with van der Waals surface area (Å²) in [6.07, 6.45) is 2.81. The molecular weight excluding hydrogens is 103 g/mol. The first kappa shape index (κ1) is 7.43. The summed E-state index contributed by atoms with van der Waals surface area (Å²) in [6, 6.07) is 0. The van der Waals surface area contributed by atoms with Crippen LogP contribution in [0.3, 0.4) is 0 Å². The summed E-state index contributed by atoms with van der Waals surface area (Å²) in [5.41, 5.74) is 0. The van der Waals surface area contributed by atoms with Crippen LogP contribution in [0.5, 0.6) is 0 Å². The molecule has 0 nitrogen and oxygen atoms in total. The molecule has 7 heavy (non-hydrogen) atoms. The molecule has 0 saturated heterocycles. The van der Waals surface area contributed by atoms with Crippen molar-refractivity contribution in [2.24, 2.45) is 0 Å². The fourth-order valence-electron chi connectivity index (χ4n) is 0.224. The van der Waals surface area contributed by atoms with Crippen molar-refractivity contribution in [3.05, 3.63) is 0 Å².